The fourth-order valence-corrected chi connectivity index (χ4v) is 4.11. The molecule has 9 nitrogen and oxygen atoms in total. The van der Waals surface area contributed by atoms with Crippen LogP contribution in [0.1, 0.15) is 60.3 Å². The number of anilines is 1. The van der Waals surface area contributed by atoms with Gasteiger partial charge in [0.15, 0.2) is 5.65 Å². The number of hydrogen-bond donors (Lipinski definition) is 1. The number of carbonyl (C=O) groups excluding carboxylic acids is 1. The maximum absolute atomic E-state index is 10.5. The topological polar surface area (TPSA) is 107 Å². The van der Waals surface area contributed by atoms with Crippen molar-refractivity contribution in [1.29, 1.82) is 0 Å². The summed E-state index contributed by atoms with van der Waals surface area (Å²) in [5, 5.41) is 10.2. The standard InChI is InChI=1S/C16H14BrN5O2.C8H10N2/c17-14-3-11(10-1-2-10)6-22-7-13(20-16(14)22)8-24-15-4-12(18-9-23)5-19-21-15;1-6-4-5-9-8(10-6)7-2-3-7/h3-7,9-10H,1-2,8H2,(H,18,21,23);4-5,7H,2-3H2,1H3. The lowest BCUT2D eigenvalue weighted by molar-refractivity contribution is -0.105. The predicted molar refractivity (Wildman–Crippen MR) is 130 cm³/mol. The van der Waals surface area contributed by atoms with Gasteiger partial charge in [-0.05, 0) is 72.2 Å². The molecular formula is C24H24BrN7O2. The summed E-state index contributed by atoms with van der Waals surface area (Å²) < 4.78 is 8.62. The molecule has 0 aromatic carbocycles. The summed E-state index contributed by atoms with van der Waals surface area (Å²) in [5.74, 6) is 2.73. The minimum absolute atomic E-state index is 0.270. The van der Waals surface area contributed by atoms with E-state index in [0.717, 1.165) is 27.3 Å². The molecule has 0 unspecified atom stereocenters. The quantitative estimate of drug-likeness (QED) is 0.354. The molecule has 1 N–H and O–H groups in total. The summed E-state index contributed by atoms with van der Waals surface area (Å²) in [6.07, 6.45) is 13.0. The van der Waals surface area contributed by atoms with Gasteiger partial charge in [0.05, 0.1) is 22.1 Å². The Balaban J connectivity index is 0.000000200. The normalized spacial score (nSPS) is 14.9. The van der Waals surface area contributed by atoms with E-state index in [1.54, 1.807) is 6.07 Å². The summed E-state index contributed by atoms with van der Waals surface area (Å²) >= 11 is 3.59. The first-order valence-corrected chi connectivity index (χ1v) is 12.0. The Morgan fingerprint density at radius 2 is 2.00 bits per heavy atom. The van der Waals surface area contributed by atoms with E-state index in [9.17, 15) is 4.79 Å². The number of imidazole rings is 1. The second-order valence-electron chi connectivity index (χ2n) is 8.52. The van der Waals surface area contributed by atoms with Gasteiger partial charge in [-0.3, -0.25) is 4.79 Å². The van der Waals surface area contributed by atoms with Crippen LogP contribution in [0.5, 0.6) is 5.88 Å². The SMILES string of the molecule is Cc1ccnc(C2CC2)n1.O=CNc1cnnc(OCc2cn3cc(C4CC4)cc(Br)c3n2)c1. The summed E-state index contributed by atoms with van der Waals surface area (Å²) in [6, 6.07) is 5.69. The maximum atomic E-state index is 10.5. The summed E-state index contributed by atoms with van der Waals surface area (Å²) in [6.45, 7) is 2.28. The fourth-order valence-electron chi connectivity index (χ4n) is 3.56. The van der Waals surface area contributed by atoms with Crippen LogP contribution in [0.3, 0.4) is 0 Å². The number of fused-ring (bicyclic) bond motifs is 1. The first kappa shape index (κ1) is 22.4. The molecule has 34 heavy (non-hydrogen) atoms. The molecule has 0 spiro atoms. The lowest BCUT2D eigenvalue weighted by atomic mass is 10.2. The molecule has 2 fully saturated rings. The lowest BCUT2D eigenvalue weighted by Gasteiger charge is -2.03. The van der Waals surface area contributed by atoms with Crippen molar-refractivity contribution in [2.24, 2.45) is 0 Å². The number of nitrogens with zero attached hydrogens (tertiary/aromatic N) is 6. The highest BCUT2D eigenvalue weighted by molar-refractivity contribution is 9.10. The van der Waals surface area contributed by atoms with Crippen molar-refractivity contribution in [3.05, 3.63) is 70.2 Å². The van der Waals surface area contributed by atoms with Gasteiger partial charge in [-0.15, -0.1) is 5.10 Å². The van der Waals surface area contributed by atoms with Gasteiger partial charge >= 0.3 is 0 Å². The van der Waals surface area contributed by atoms with Crippen molar-refractivity contribution in [2.45, 2.75) is 51.0 Å². The maximum Gasteiger partial charge on any atom is 0.235 e. The third-order valence-corrected chi connectivity index (χ3v) is 6.19. The molecule has 6 rings (SSSR count). The van der Waals surface area contributed by atoms with Crippen LogP contribution in [-0.4, -0.2) is 36.0 Å². The van der Waals surface area contributed by atoms with Crippen molar-refractivity contribution in [3.8, 4) is 5.88 Å². The monoisotopic (exact) mass is 521 g/mol. The molecule has 174 valence electrons. The molecule has 0 aliphatic heterocycles. The highest BCUT2D eigenvalue weighted by Crippen LogP contribution is 2.41. The predicted octanol–water partition coefficient (Wildman–Crippen LogP) is 4.57. The Morgan fingerprint density at radius 3 is 2.74 bits per heavy atom. The van der Waals surface area contributed by atoms with Crippen molar-refractivity contribution in [2.75, 3.05) is 5.32 Å². The van der Waals surface area contributed by atoms with Crippen molar-refractivity contribution < 1.29 is 9.53 Å². The minimum Gasteiger partial charge on any atom is -0.470 e. The lowest BCUT2D eigenvalue weighted by Crippen LogP contribution is -2.01. The van der Waals surface area contributed by atoms with E-state index in [2.05, 4.69) is 58.7 Å². The van der Waals surface area contributed by atoms with E-state index in [1.807, 2.05) is 29.8 Å². The van der Waals surface area contributed by atoms with Crippen LogP contribution in [-0.2, 0) is 11.4 Å². The molecule has 0 radical (unpaired) electrons. The van der Waals surface area contributed by atoms with Crippen LogP contribution in [0.2, 0.25) is 0 Å². The van der Waals surface area contributed by atoms with Crippen molar-refractivity contribution in [1.82, 2.24) is 29.5 Å². The van der Waals surface area contributed by atoms with E-state index in [-0.39, 0.29) is 6.61 Å². The molecule has 2 aliphatic carbocycles. The average molecular weight is 522 g/mol. The largest absolute Gasteiger partial charge is 0.470 e. The van der Waals surface area contributed by atoms with Gasteiger partial charge in [0.2, 0.25) is 12.3 Å². The van der Waals surface area contributed by atoms with Gasteiger partial charge in [-0.25, -0.2) is 15.0 Å². The first-order chi connectivity index (χ1) is 16.6. The highest BCUT2D eigenvalue weighted by Gasteiger charge is 2.26. The van der Waals surface area contributed by atoms with E-state index in [1.165, 1.54) is 37.4 Å². The molecule has 4 heterocycles. The number of amides is 1. The van der Waals surface area contributed by atoms with E-state index in [0.29, 0.717) is 29.8 Å². The van der Waals surface area contributed by atoms with Gasteiger partial charge in [-0.2, -0.15) is 5.10 Å². The number of aromatic nitrogens is 6. The number of ether oxygens (including phenoxy) is 1. The zero-order chi connectivity index (χ0) is 23.5. The number of pyridine rings is 1. The van der Waals surface area contributed by atoms with Crippen LogP contribution in [0.25, 0.3) is 5.65 Å². The molecule has 0 bridgehead atoms. The summed E-state index contributed by atoms with van der Waals surface area (Å²) in [7, 11) is 0. The van der Waals surface area contributed by atoms with Crippen LogP contribution < -0.4 is 10.1 Å². The summed E-state index contributed by atoms with van der Waals surface area (Å²) in [4.78, 5) is 23.6. The van der Waals surface area contributed by atoms with Crippen molar-refractivity contribution in [3.63, 3.8) is 0 Å². The molecule has 10 heteroatoms. The number of hydrogen-bond acceptors (Lipinski definition) is 7. The molecule has 2 aliphatic rings. The number of carbonyl (C=O) groups is 1. The van der Waals surface area contributed by atoms with E-state index in [4.69, 9.17) is 4.74 Å². The molecule has 0 saturated heterocycles. The van der Waals surface area contributed by atoms with Gasteiger partial charge in [0.25, 0.3) is 0 Å². The first-order valence-electron chi connectivity index (χ1n) is 11.2. The molecule has 4 aromatic rings. The zero-order valence-corrected chi connectivity index (χ0v) is 20.3. The Hall–Kier alpha value is -3.40. The van der Waals surface area contributed by atoms with E-state index >= 15 is 0 Å². The Labute approximate surface area is 205 Å². The second-order valence-corrected chi connectivity index (χ2v) is 9.38. The van der Waals surface area contributed by atoms with Crippen LogP contribution in [0, 0.1) is 6.92 Å². The smallest absolute Gasteiger partial charge is 0.235 e. The Morgan fingerprint density at radius 1 is 1.18 bits per heavy atom. The second kappa shape index (κ2) is 9.84. The van der Waals surface area contributed by atoms with Crippen LogP contribution in [0.4, 0.5) is 5.69 Å². The highest BCUT2D eigenvalue weighted by atomic mass is 79.9. The zero-order valence-electron chi connectivity index (χ0n) is 18.7. The molecule has 4 aromatic heterocycles. The Kier molecular flexibility index (Phi) is 6.48. The average Bonchev–Trinajstić information content (AvgIpc) is 3.75. The van der Waals surface area contributed by atoms with Crippen molar-refractivity contribution >= 4 is 33.7 Å². The summed E-state index contributed by atoms with van der Waals surface area (Å²) in [5.41, 5.74) is 4.59. The Bertz CT molecular complexity index is 1320. The minimum atomic E-state index is 0.270. The van der Waals surface area contributed by atoms with Gasteiger partial charge in [-0.1, -0.05) is 0 Å². The third-order valence-electron chi connectivity index (χ3n) is 5.61. The molecular weight excluding hydrogens is 498 g/mol. The molecule has 2 saturated carbocycles. The third kappa shape index (κ3) is 5.56. The fraction of sp³-hybridized carbons (Fsp3) is 0.333. The molecule has 0 atom stereocenters. The van der Waals surface area contributed by atoms with Gasteiger partial charge in [0, 0.05) is 36.3 Å². The van der Waals surface area contributed by atoms with Crippen LogP contribution in [0.15, 0.2) is 47.5 Å². The number of aryl methyl sites for hydroxylation is 1. The number of nitrogens with one attached hydrogen (secondary N) is 1. The van der Waals surface area contributed by atoms with Gasteiger partial charge < -0.3 is 14.5 Å². The number of rotatable bonds is 7. The number of halogens is 1. The molecule has 1 amide bonds. The van der Waals surface area contributed by atoms with Crippen LogP contribution >= 0.6 is 15.9 Å². The van der Waals surface area contributed by atoms with E-state index < -0.39 is 0 Å². The van der Waals surface area contributed by atoms with Gasteiger partial charge in [0.1, 0.15) is 12.4 Å².